The van der Waals surface area contributed by atoms with Crippen molar-refractivity contribution in [2.75, 3.05) is 10.7 Å². The zero-order valence-corrected chi connectivity index (χ0v) is 11.5. The number of rotatable bonds is 4. The van der Waals surface area contributed by atoms with Gasteiger partial charge in [-0.05, 0) is 42.0 Å². The summed E-state index contributed by atoms with van der Waals surface area (Å²) in [4.78, 5) is 10.6. The minimum atomic E-state index is -1.24. The fraction of sp³-hybridized carbons (Fsp3) is 0. The molecule has 0 fully saturated rings. The molecule has 2 rings (SSSR count). The molecule has 0 heterocycles. The van der Waals surface area contributed by atoms with Gasteiger partial charge in [0.2, 0.25) is 0 Å². The SMILES string of the molecule is O=C([O-])c1ccc(NNC(=S)Nc2ccccc2F)cc1. The number of benzene rings is 2. The van der Waals surface area contributed by atoms with Crippen molar-refractivity contribution < 1.29 is 14.3 Å². The standard InChI is InChI=1S/C14H12FN3O2S/c15-11-3-1-2-4-12(11)16-14(21)18-17-10-7-5-9(6-8-10)13(19)20/h1-8,17H,(H,19,20)(H2,16,18,21)/p-1. The van der Waals surface area contributed by atoms with Gasteiger partial charge in [-0.2, -0.15) is 0 Å². The molecule has 0 saturated carbocycles. The first kappa shape index (κ1) is 14.7. The Hall–Kier alpha value is -2.67. The summed E-state index contributed by atoms with van der Waals surface area (Å²) in [6.45, 7) is 0. The predicted molar refractivity (Wildman–Crippen MR) is 80.2 cm³/mol. The number of hydrazine groups is 1. The van der Waals surface area contributed by atoms with Gasteiger partial charge >= 0.3 is 0 Å². The number of halogens is 1. The molecule has 0 saturated heterocycles. The maximum absolute atomic E-state index is 13.4. The Bertz CT molecular complexity index is 662. The highest BCUT2D eigenvalue weighted by Crippen LogP contribution is 2.12. The van der Waals surface area contributed by atoms with Crippen LogP contribution in [0.3, 0.4) is 0 Å². The van der Waals surface area contributed by atoms with Crippen LogP contribution in [0.2, 0.25) is 0 Å². The molecular weight excluding hydrogens is 293 g/mol. The Morgan fingerprint density at radius 2 is 1.76 bits per heavy atom. The Morgan fingerprint density at radius 3 is 2.38 bits per heavy atom. The third-order valence-corrected chi connectivity index (χ3v) is 2.77. The molecule has 0 aliphatic carbocycles. The maximum Gasteiger partial charge on any atom is 0.189 e. The molecular formula is C14H11FN3O2S-. The Morgan fingerprint density at radius 1 is 1.10 bits per heavy atom. The van der Waals surface area contributed by atoms with Gasteiger partial charge in [-0.1, -0.05) is 24.3 Å². The number of carboxylic acid groups (broad SMARTS) is 1. The molecule has 0 aliphatic heterocycles. The minimum Gasteiger partial charge on any atom is -0.545 e. The zero-order valence-electron chi connectivity index (χ0n) is 10.7. The molecule has 108 valence electrons. The van der Waals surface area contributed by atoms with Gasteiger partial charge in [0.05, 0.1) is 17.3 Å². The number of nitrogens with one attached hydrogen (secondary N) is 3. The van der Waals surface area contributed by atoms with Crippen molar-refractivity contribution in [3.05, 3.63) is 59.9 Å². The molecule has 0 aromatic heterocycles. The van der Waals surface area contributed by atoms with E-state index in [4.69, 9.17) is 12.2 Å². The van der Waals surface area contributed by atoms with Gasteiger partial charge in [0, 0.05) is 0 Å². The van der Waals surface area contributed by atoms with Crippen LogP contribution in [0.1, 0.15) is 10.4 Å². The van der Waals surface area contributed by atoms with Crippen molar-refractivity contribution in [3.8, 4) is 0 Å². The fourth-order valence-electron chi connectivity index (χ4n) is 1.53. The molecule has 2 aromatic rings. The smallest absolute Gasteiger partial charge is 0.189 e. The van der Waals surface area contributed by atoms with Gasteiger partial charge in [-0.3, -0.25) is 10.9 Å². The number of aromatic carboxylic acids is 1. The third kappa shape index (κ3) is 4.15. The highest BCUT2D eigenvalue weighted by atomic mass is 32.1. The quantitative estimate of drug-likeness (QED) is 0.587. The summed E-state index contributed by atoms with van der Waals surface area (Å²) in [5.74, 6) is -1.66. The lowest BCUT2D eigenvalue weighted by Gasteiger charge is -2.13. The van der Waals surface area contributed by atoms with E-state index in [1.54, 1.807) is 30.3 Å². The topological polar surface area (TPSA) is 76.2 Å². The van der Waals surface area contributed by atoms with Crippen LogP contribution in [0.25, 0.3) is 0 Å². The first-order valence-electron chi connectivity index (χ1n) is 5.95. The van der Waals surface area contributed by atoms with E-state index in [-0.39, 0.29) is 16.4 Å². The molecule has 2 aromatic carbocycles. The van der Waals surface area contributed by atoms with Crippen LogP contribution in [-0.4, -0.2) is 11.1 Å². The number of carboxylic acids is 1. The van der Waals surface area contributed by atoms with Gasteiger partial charge in [0.15, 0.2) is 5.11 Å². The second kappa shape index (κ2) is 6.67. The lowest BCUT2D eigenvalue weighted by Crippen LogP contribution is -2.33. The van der Waals surface area contributed by atoms with Gasteiger partial charge in [0.25, 0.3) is 0 Å². The zero-order chi connectivity index (χ0) is 15.2. The van der Waals surface area contributed by atoms with Gasteiger partial charge in [-0.25, -0.2) is 4.39 Å². The lowest BCUT2D eigenvalue weighted by molar-refractivity contribution is -0.255. The summed E-state index contributed by atoms with van der Waals surface area (Å²) in [7, 11) is 0. The van der Waals surface area contributed by atoms with Gasteiger partial charge in [-0.15, -0.1) is 0 Å². The third-order valence-electron chi connectivity index (χ3n) is 2.56. The van der Waals surface area contributed by atoms with Crippen LogP contribution in [0, 0.1) is 5.82 Å². The van der Waals surface area contributed by atoms with Crippen molar-refractivity contribution in [2.24, 2.45) is 0 Å². The first-order valence-corrected chi connectivity index (χ1v) is 6.36. The second-order valence-corrected chi connectivity index (χ2v) is 4.46. The average Bonchev–Trinajstić information content (AvgIpc) is 2.48. The highest BCUT2D eigenvalue weighted by Gasteiger charge is 2.02. The van der Waals surface area contributed by atoms with E-state index in [1.807, 2.05) is 0 Å². The van der Waals surface area contributed by atoms with E-state index in [2.05, 4.69) is 16.2 Å². The molecule has 0 bridgehead atoms. The molecule has 7 heteroatoms. The van der Waals surface area contributed by atoms with Crippen LogP contribution < -0.4 is 21.3 Å². The fourth-order valence-corrected chi connectivity index (χ4v) is 1.70. The molecule has 0 atom stereocenters. The van der Waals surface area contributed by atoms with E-state index in [1.165, 1.54) is 18.2 Å². The van der Waals surface area contributed by atoms with Crippen molar-refractivity contribution in [3.63, 3.8) is 0 Å². The van der Waals surface area contributed by atoms with Crippen molar-refractivity contribution in [1.82, 2.24) is 5.43 Å². The summed E-state index contributed by atoms with van der Waals surface area (Å²) in [5, 5.41) is 13.5. The van der Waals surface area contributed by atoms with Crippen molar-refractivity contribution >= 4 is 34.7 Å². The molecule has 0 radical (unpaired) electrons. The molecule has 21 heavy (non-hydrogen) atoms. The Kier molecular flexibility index (Phi) is 4.68. The van der Waals surface area contributed by atoms with Crippen molar-refractivity contribution in [2.45, 2.75) is 0 Å². The number of hydrogen-bond donors (Lipinski definition) is 3. The van der Waals surface area contributed by atoms with Crippen LogP contribution >= 0.6 is 12.2 Å². The molecule has 0 spiro atoms. The van der Waals surface area contributed by atoms with E-state index < -0.39 is 11.8 Å². The van der Waals surface area contributed by atoms with Crippen LogP contribution in [0.5, 0.6) is 0 Å². The largest absolute Gasteiger partial charge is 0.545 e. The molecule has 0 aliphatic rings. The maximum atomic E-state index is 13.4. The van der Waals surface area contributed by atoms with Crippen molar-refractivity contribution in [1.29, 1.82) is 0 Å². The molecule has 0 amide bonds. The normalized spacial score (nSPS) is 9.76. The summed E-state index contributed by atoms with van der Waals surface area (Å²) in [6.07, 6.45) is 0. The van der Waals surface area contributed by atoms with Gasteiger partial charge in [0.1, 0.15) is 5.82 Å². The summed E-state index contributed by atoms with van der Waals surface area (Å²) in [5.41, 5.74) is 6.35. The molecule has 5 nitrogen and oxygen atoms in total. The number of carbonyl (C=O) groups excluding carboxylic acids is 1. The first-order chi connectivity index (χ1) is 10.1. The summed E-state index contributed by atoms with van der Waals surface area (Å²) < 4.78 is 13.4. The number of para-hydroxylation sites is 1. The Balaban J connectivity index is 1.89. The number of anilines is 2. The number of thiocarbonyl (C=S) groups is 1. The predicted octanol–water partition coefficient (Wildman–Crippen LogP) is 1.50. The van der Waals surface area contributed by atoms with Crippen LogP contribution in [-0.2, 0) is 0 Å². The molecule has 0 unspecified atom stereocenters. The highest BCUT2D eigenvalue weighted by molar-refractivity contribution is 7.80. The van der Waals surface area contributed by atoms with E-state index in [0.29, 0.717) is 5.69 Å². The van der Waals surface area contributed by atoms with E-state index in [9.17, 15) is 14.3 Å². The van der Waals surface area contributed by atoms with E-state index in [0.717, 1.165) is 0 Å². The monoisotopic (exact) mass is 304 g/mol. The lowest BCUT2D eigenvalue weighted by atomic mass is 10.2. The minimum absolute atomic E-state index is 0.0765. The van der Waals surface area contributed by atoms with Crippen LogP contribution in [0.4, 0.5) is 15.8 Å². The number of carbonyl (C=O) groups is 1. The summed E-state index contributed by atoms with van der Waals surface area (Å²) >= 11 is 5.01. The summed E-state index contributed by atoms with van der Waals surface area (Å²) in [6, 6.07) is 12.0. The van der Waals surface area contributed by atoms with Crippen LogP contribution in [0.15, 0.2) is 48.5 Å². The second-order valence-electron chi connectivity index (χ2n) is 4.05. The average molecular weight is 304 g/mol. The Labute approximate surface area is 125 Å². The van der Waals surface area contributed by atoms with Gasteiger partial charge < -0.3 is 15.2 Å². The number of hydrogen-bond acceptors (Lipinski definition) is 4. The van der Waals surface area contributed by atoms with E-state index >= 15 is 0 Å². The molecule has 3 N–H and O–H groups in total.